The predicted molar refractivity (Wildman–Crippen MR) is 204 cm³/mol. The van der Waals surface area contributed by atoms with E-state index in [1.54, 1.807) is 0 Å². The van der Waals surface area contributed by atoms with Crippen molar-refractivity contribution in [3.8, 4) is 56.4 Å². The Labute approximate surface area is 289 Å². The van der Waals surface area contributed by atoms with Gasteiger partial charge in [0.2, 0.25) is 0 Å². The van der Waals surface area contributed by atoms with E-state index in [2.05, 4.69) is 135 Å². The summed E-state index contributed by atoms with van der Waals surface area (Å²) in [7, 11) is 0. The zero-order chi connectivity index (χ0) is 33.4. The molecule has 0 bridgehead atoms. The number of aromatic nitrogens is 3. The van der Waals surface area contributed by atoms with Crippen molar-refractivity contribution in [1.82, 2.24) is 15.0 Å². The maximum absolute atomic E-state index is 6.36. The maximum Gasteiger partial charge on any atom is 0.164 e. The maximum atomic E-state index is 6.36. The Kier molecular flexibility index (Phi) is 6.19. The van der Waals surface area contributed by atoms with Gasteiger partial charge >= 0.3 is 0 Å². The third-order valence-corrected chi connectivity index (χ3v) is 10.4. The standard InChI is InChI=1S/C46H31N3O/c1-46(2)37-17-9-8-15-35(37)36-25-23-32(27-38(36)46)45-48-43(30-12-4-3-5-13-30)47-44(49-45)31-21-19-29(20-22-31)34-16-10-18-39-41(34)42-33-14-7-6-11-28(33)24-26-40(42)50-39/h3-27H,1-2H3. The minimum absolute atomic E-state index is 0.120. The third kappa shape index (κ3) is 4.35. The SMILES string of the molecule is CC1(C)c2ccccc2-c2ccc(-c3nc(-c4ccccc4)nc(-c4ccc(-c5cccc6oc7ccc8ccccc8c7c56)cc4)n3)cc21. The summed E-state index contributed by atoms with van der Waals surface area (Å²) in [5.74, 6) is 1.95. The van der Waals surface area contributed by atoms with E-state index in [0.29, 0.717) is 17.5 Å². The van der Waals surface area contributed by atoms with Crippen molar-refractivity contribution in [2.75, 3.05) is 0 Å². The number of benzene rings is 7. The number of rotatable bonds is 4. The Hall–Kier alpha value is -6.39. The predicted octanol–water partition coefficient (Wildman–Crippen LogP) is 11.9. The fourth-order valence-corrected chi connectivity index (χ4v) is 7.82. The average molecular weight is 642 g/mol. The summed E-state index contributed by atoms with van der Waals surface area (Å²) >= 11 is 0. The third-order valence-electron chi connectivity index (χ3n) is 10.4. The lowest BCUT2D eigenvalue weighted by molar-refractivity contribution is 0.660. The topological polar surface area (TPSA) is 51.8 Å². The lowest BCUT2D eigenvalue weighted by Gasteiger charge is -2.21. The number of fused-ring (bicyclic) bond motifs is 8. The highest BCUT2D eigenvalue weighted by molar-refractivity contribution is 6.22. The molecule has 0 spiro atoms. The van der Waals surface area contributed by atoms with Gasteiger partial charge in [-0.3, -0.25) is 0 Å². The number of nitrogens with zero attached hydrogens (tertiary/aromatic N) is 3. The van der Waals surface area contributed by atoms with Crippen LogP contribution in [0, 0.1) is 0 Å². The lowest BCUT2D eigenvalue weighted by Crippen LogP contribution is -2.15. The first-order valence-electron chi connectivity index (χ1n) is 17.0. The molecule has 0 saturated heterocycles. The van der Waals surface area contributed by atoms with Crippen molar-refractivity contribution in [2.45, 2.75) is 19.3 Å². The van der Waals surface area contributed by atoms with Crippen molar-refractivity contribution < 1.29 is 4.42 Å². The van der Waals surface area contributed by atoms with Crippen LogP contribution in [0.25, 0.3) is 89.1 Å². The van der Waals surface area contributed by atoms with Crippen LogP contribution >= 0.6 is 0 Å². The Bertz CT molecular complexity index is 2780. The zero-order valence-electron chi connectivity index (χ0n) is 27.7. The van der Waals surface area contributed by atoms with Gasteiger partial charge in [0.25, 0.3) is 0 Å². The largest absolute Gasteiger partial charge is 0.456 e. The molecule has 7 aromatic carbocycles. The van der Waals surface area contributed by atoms with Crippen molar-refractivity contribution in [3.63, 3.8) is 0 Å². The van der Waals surface area contributed by atoms with Crippen LogP contribution in [0.3, 0.4) is 0 Å². The van der Waals surface area contributed by atoms with Gasteiger partial charge in [-0.05, 0) is 62.4 Å². The van der Waals surface area contributed by atoms with E-state index in [0.717, 1.165) is 49.8 Å². The molecule has 0 saturated carbocycles. The highest BCUT2D eigenvalue weighted by Crippen LogP contribution is 2.49. The molecule has 1 aliphatic carbocycles. The average Bonchev–Trinajstić information content (AvgIpc) is 3.67. The van der Waals surface area contributed by atoms with Crippen LogP contribution in [0.15, 0.2) is 156 Å². The van der Waals surface area contributed by atoms with Crippen molar-refractivity contribution in [3.05, 3.63) is 163 Å². The molecule has 0 fully saturated rings. The summed E-state index contributed by atoms with van der Waals surface area (Å²) in [6.45, 7) is 4.60. The summed E-state index contributed by atoms with van der Waals surface area (Å²) in [6.07, 6.45) is 0. The number of hydrogen-bond donors (Lipinski definition) is 0. The summed E-state index contributed by atoms with van der Waals surface area (Å²) in [6, 6.07) is 53.1. The van der Waals surface area contributed by atoms with Crippen LogP contribution < -0.4 is 0 Å². The molecule has 2 heterocycles. The fraction of sp³-hybridized carbons (Fsp3) is 0.0652. The Balaban J connectivity index is 1.10. The van der Waals surface area contributed by atoms with Crippen molar-refractivity contribution in [1.29, 1.82) is 0 Å². The van der Waals surface area contributed by atoms with Crippen LogP contribution in [0.1, 0.15) is 25.0 Å². The van der Waals surface area contributed by atoms with Gasteiger partial charge in [0, 0.05) is 32.9 Å². The molecule has 50 heavy (non-hydrogen) atoms. The molecule has 0 radical (unpaired) electrons. The molecule has 236 valence electrons. The molecule has 4 heteroatoms. The second-order valence-corrected chi connectivity index (χ2v) is 13.6. The highest BCUT2D eigenvalue weighted by Gasteiger charge is 2.35. The van der Waals surface area contributed by atoms with Crippen LogP contribution in [0.5, 0.6) is 0 Å². The van der Waals surface area contributed by atoms with Gasteiger partial charge in [0.15, 0.2) is 17.5 Å². The summed E-state index contributed by atoms with van der Waals surface area (Å²) < 4.78 is 6.36. The second-order valence-electron chi connectivity index (χ2n) is 13.6. The molecule has 1 aliphatic rings. The molecule has 0 N–H and O–H groups in total. The Morgan fingerprint density at radius 2 is 1.02 bits per heavy atom. The first-order valence-corrected chi connectivity index (χ1v) is 17.0. The molecule has 10 rings (SSSR count). The van der Waals surface area contributed by atoms with Crippen LogP contribution in [-0.2, 0) is 5.41 Å². The molecule has 0 atom stereocenters. The molecular formula is C46H31N3O. The van der Waals surface area contributed by atoms with Gasteiger partial charge in [-0.15, -0.1) is 0 Å². The number of hydrogen-bond acceptors (Lipinski definition) is 4. The van der Waals surface area contributed by atoms with Crippen molar-refractivity contribution in [2.24, 2.45) is 0 Å². The fourth-order valence-electron chi connectivity index (χ4n) is 7.82. The smallest absolute Gasteiger partial charge is 0.164 e. The van der Waals surface area contributed by atoms with Crippen molar-refractivity contribution >= 4 is 32.7 Å². The second kappa shape index (κ2) is 10.8. The highest BCUT2D eigenvalue weighted by atomic mass is 16.3. The van der Waals surface area contributed by atoms with Crippen LogP contribution in [0.2, 0.25) is 0 Å². The van der Waals surface area contributed by atoms with Crippen LogP contribution in [0.4, 0.5) is 0 Å². The molecule has 2 aromatic heterocycles. The van der Waals surface area contributed by atoms with Crippen LogP contribution in [-0.4, -0.2) is 15.0 Å². The van der Waals surface area contributed by atoms with E-state index in [9.17, 15) is 0 Å². The molecule has 4 nitrogen and oxygen atoms in total. The molecule has 0 amide bonds. The van der Waals surface area contributed by atoms with E-state index in [-0.39, 0.29) is 5.41 Å². The number of furan rings is 1. The van der Waals surface area contributed by atoms with Gasteiger partial charge < -0.3 is 4.42 Å². The van der Waals surface area contributed by atoms with E-state index in [4.69, 9.17) is 19.4 Å². The van der Waals surface area contributed by atoms with Gasteiger partial charge in [-0.25, -0.2) is 15.0 Å². The first kappa shape index (κ1) is 28.6. The summed E-state index contributed by atoms with van der Waals surface area (Å²) in [5.41, 5.74) is 12.0. The van der Waals surface area contributed by atoms with Gasteiger partial charge in [0.1, 0.15) is 11.2 Å². The van der Waals surface area contributed by atoms with E-state index in [1.807, 2.05) is 30.3 Å². The molecular weight excluding hydrogens is 611 g/mol. The monoisotopic (exact) mass is 641 g/mol. The minimum Gasteiger partial charge on any atom is -0.456 e. The van der Waals surface area contributed by atoms with E-state index in [1.165, 1.54) is 33.0 Å². The van der Waals surface area contributed by atoms with Gasteiger partial charge in [-0.2, -0.15) is 0 Å². The normalized spacial score (nSPS) is 13.2. The summed E-state index contributed by atoms with van der Waals surface area (Å²) in [5, 5.41) is 4.66. The molecule has 0 unspecified atom stereocenters. The zero-order valence-corrected chi connectivity index (χ0v) is 27.7. The Morgan fingerprint density at radius 1 is 0.420 bits per heavy atom. The molecule has 0 aliphatic heterocycles. The Morgan fingerprint density at radius 3 is 1.84 bits per heavy atom. The van der Waals surface area contributed by atoms with Gasteiger partial charge in [0.05, 0.1) is 0 Å². The van der Waals surface area contributed by atoms with Gasteiger partial charge in [-0.1, -0.05) is 147 Å². The minimum atomic E-state index is -0.120. The molecule has 9 aromatic rings. The lowest BCUT2D eigenvalue weighted by atomic mass is 9.82. The first-order chi connectivity index (χ1) is 24.5. The quantitative estimate of drug-likeness (QED) is 0.192. The van der Waals surface area contributed by atoms with E-state index >= 15 is 0 Å². The summed E-state index contributed by atoms with van der Waals surface area (Å²) in [4.78, 5) is 15.2. The van der Waals surface area contributed by atoms with E-state index < -0.39 is 0 Å².